The van der Waals surface area contributed by atoms with Crippen LogP contribution in [0.3, 0.4) is 0 Å². The number of benzene rings is 1. The van der Waals surface area contributed by atoms with E-state index in [4.69, 9.17) is 5.26 Å². The molecule has 0 radical (unpaired) electrons. The number of carbonyl (C=O) groups excluding carboxylic acids is 2. The van der Waals surface area contributed by atoms with Crippen LogP contribution in [-0.4, -0.2) is 36.5 Å². The quantitative estimate of drug-likeness (QED) is 0.755. The first-order valence-electron chi connectivity index (χ1n) is 5.52. The highest BCUT2D eigenvalue weighted by Gasteiger charge is 2.20. The lowest BCUT2D eigenvalue weighted by molar-refractivity contribution is -0.123. The first-order valence-corrected chi connectivity index (χ1v) is 5.52. The highest BCUT2D eigenvalue weighted by molar-refractivity contribution is 5.93. The van der Waals surface area contributed by atoms with Crippen LogP contribution in [0.15, 0.2) is 24.3 Å². The third kappa shape index (κ3) is 2.77. The van der Waals surface area contributed by atoms with E-state index in [-0.39, 0.29) is 18.5 Å². The monoisotopic (exact) mass is 244 g/mol. The molecular weight excluding hydrogens is 232 g/mol. The summed E-state index contributed by atoms with van der Waals surface area (Å²) >= 11 is 0. The Hall–Kier alpha value is -2.55. The Morgan fingerprint density at radius 3 is 3.06 bits per heavy atom. The van der Waals surface area contributed by atoms with Crippen LogP contribution in [-0.2, 0) is 4.79 Å². The second-order valence-corrected chi connectivity index (χ2v) is 3.89. The van der Waals surface area contributed by atoms with Crippen molar-refractivity contribution in [1.29, 1.82) is 5.26 Å². The third-order valence-electron chi connectivity index (χ3n) is 2.57. The molecule has 1 aliphatic heterocycles. The highest BCUT2D eigenvalue weighted by atomic mass is 16.2. The summed E-state index contributed by atoms with van der Waals surface area (Å²) in [6.07, 6.45) is 0. The van der Waals surface area contributed by atoms with Gasteiger partial charge in [0.1, 0.15) is 6.54 Å². The summed E-state index contributed by atoms with van der Waals surface area (Å²) in [5.41, 5.74) is 1.02. The fourth-order valence-corrected chi connectivity index (χ4v) is 1.68. The molecule has 1 aromatic rings. The Labute approximate surface area is 104 Å². The molecule has 6 heteroatoms. The second-order valence-electron chi connectivity index (χ2n) is 3.89. The molecule has 1 heterocycles. The number of hydrogen-bond donors (Lipinski definition) is 2. The Balaban J connectivity index is 2.02. The number of amides is 3. The van der Waals surface area contributed by atoms with Crippen LogP contribution >= 0.6 is 0 Å². The van der Waals surface area contributed by atoms with Gasteiger partial charge in [-0.2, -0.15) is 5.26 Å². The molecule has 0 saturated carbocycles. The third-order valence-corrected chi connectivity index (χ3v) is 2.57. The number of nitrogens with one attached hydrogen (secondary N) is 2. The van der Waals surface area contributed by atoms with Crippen LogP contribution in [0, 0.1) is 11.3 Å². The number of nitrogens with zero attached hydrogens (tertiary/aromatic N) is 2. The smallest absolute Gasteiger partial charge is 0.322 e. The van der Waals surface area contributed by atoms with Gasteiger partial charge in [0.25, 0.3) is 0 Å². The fraction of sp³-hybridized carbons (Fsp3) is 0.250. The van der Waals surface area contributed by atoms with E-state index in [2.05, 4.69) is 10.6 Å². The second kappa shape index (κ2) is 5.19. The molecule has 0 atom stereocenters. The van der Waals surface area contributed by atoms with Crippen molar-refractivity contribution in [1.82, 2.24) is 10.2 Å². The number of hydrogen-bond acceptors (Lipinski definition) is 3. The van der Waals surface area contributed by atoms with Crippen molar-refractivity contribution in [2.45, 2.75) is 0 Å². The lowest BCUT2D eigenvalue weighted by atomic mass is 10.2. The number of rotatable bonds is 1. The average Bonchev–Trinajstić information content (AvgIpc) is 2.39. The van der Waals surface area contributed by atoms with E-state index in [0.29, 0.717) is 24.3 Å². The van der Waals surface area contributed by atoms with Crippen molar-refractivity contribution in [2.24, 2.45) is 0 Å². The van der Waals surface area contributed by atoms with Crippen molar-refractivity contribution in [3.63, 3.8) is 0 Å². The summed E-state index contributed by atoms with van der Waals surface area (Å²) in [6.45, 7) is 1.00. The zero-order chi connectivity index (χ0) is 13.0. The molecule has 1 saturated heterocycles. The Morgan fingerprint density at radius 2 is 2.33 bits per heavy atom. The van der Waals surface area contributed by atoms with Gasteiger partial charge in [0.2, 0.25) is 5.91 Å². The Bertz CT molecular complexity index is 521. The maximum absolute atomic E-state index is 11.9. The maximum atomic E-state index is 11.9. The van der Waals surface area contributed by atoms with Gasteiger partial charge in [0.15, 0.2) is 0 Å². The van der Waals surface area contributed by atoms with Gasteiger partial charge in [-0.3, -0.25) is 4.79 Å². The van der Waals surface area contributed by atoms with Gasteiger partial charge in [-0.15, -0.1) is 0 Å². The number of nitriles is 1. The zero-order valence-corrected chi connectivity index (χ0v) is 9.64. The van der Waals surface area contributed by atoms with Gasteiger partial charge >= 0.3 is 6.03 Å². The molecule has 6 nitrogen and oxygen atoms in total. The minimum atomic E-state index is -0.333. The lowest BCUT2D eigenvalue weighted by Crippen LogP contribution is -2.51. The summed E-state index contributed by atoms with van der Waals surface area (Å²) in [4.78, 5) is 24.4. The minimum absolute atomic E-state index is 0.0593. The van der Waals surface area contributed by atoms with Crippen LogP contribution in [0.5, 0.6) is 0 Å². The molecule has 92 valence electrons. The topological polar surface area (TPSA) is 85.2 Å². The molecule has 1 aliphatic rings. The standard InChI is InChI=1S/C12H12N4O2/c13-7-9-2-1-3-10(6-9)15-12(18)16-5-4-14-11(17)8-16/h1-3,6H,4-5,8H2,(H,14,17)(H,15,18). The molecule has 2 N–H and O–H groups in total. The number of piperazine rings is 1. The van der Waals surface area contributed by atoms with Crippen molar-refractivity contribution < 1.29 is 9.59 Å². The van der Waals surface area contributed by atoms with Crippen LogP contribution in [0.1, 0.15) is 5.56 Å². The molecule has 1 aromatic carbocycles. The first-order chi connectivity index (χ1) is 8.69. The SMILES string of the molecule is N#Cc1cccc(NC(=O)N2CCNC(=O)C2)c1. The van der Waals surface area contributed by atoms with Crippen LogP contribution in [0.25, 0.3) is 0 Å². The van der Waals surface area contributed by atoms with Crippen molar-refractivity contribution in [3.05, 3.63) is 29.8 Å². The van der Waals surface area contributed by atoms with Crippen molar-refractivity contribution >= 4 is 17.6 Å². The van der Waals surface area contributed by atoms with E-state index in [1.807, 2.05) is 6.07 Å². The molecule has 0 bridgehead atoms. The normalized spacial score (nSPS) is 14.6. The largest absolute Gasteiger partial charge is 0.353 e. The summed E-state index contributed by atoms with van der Waals surface area (Å²) in [7, 11) is 0. The van der Waals surface area contributed by atoms with Gasteiger partial charge in [-0.05, 0) is 18.2 Å². The molecule has 0 aromatic heterocycles. The summed E-state index contributed by atoms with van der Waals surface area (Å²) in [6, 6.07) is 8.30. The van der Waals surface area contributed by atoms with Gasteiger partial charge in [0.05, 0.1) is 11.6 Å². The van der Waals surface area contributed by atoms with E-state index in [9.17, 15) is 9.59 Å². The van der Waals surface area contributed by atoms with Crippen LogP contribution in [0.4, 0.5) is 10.5 Å². The molecule has 3 amide bonds. The fourth-order valence-electron chi connectivity index (χ4n) is 1.68. The number of anilines is 1. The van der Waals surface area contributed by atoms with E-state index in [1.54, 1.807) is 24.3 Å². The molecule has 1 fully saturated rings. The van der Waals surface area contributed by atoms with Gasteiger partial charge in [-0.1, -0.05) is 6.07 Å². The predicted octanol–water partition coefficient (Wildman–Crippen LogP) is 0.522. The number of carbonyl (C=O) groups is 2. The van der Waals surface area contributed by atoms with Gasteiger partial charge in [-0.25, -0.2) is 4.79 Å². The molecule has 0 aliphatic carbocycles. The molecule has 0 unspecified atom stereocenters. The van der Waals surface area contributed by atoms with E-state index in [1.165, 1.54) is 4.90 Å². The molecule has 0 spiro atoms. The number of urea groups is 1. The molecule has 2 rings (SSSR count). The molecular formula is C12H12N4O2. The van der Waals surface area contributed by atoms with Crippen molar-refractivity contribution in [3.8, 4) is 6.07 Å². The van der Waals surface area contributed by atoms with E-state index >= 15 is 0 Å². The predicted molar refractivity (Wildman–Crippen MR) is 64.8 cm³/mol. The van der Waals surface area contributed by atoms with Crippen LogP contribution in [0.2, 0.25) is 0 Å². The lowest BCUT2D eigenvalue weighted by Gasteiger charge is -2.26. The van der Waals surface area contributed by atoms with Crippen molar-refractivity contribution in [2.75, 3.05) is 25.0 Å². The first kappa shape index (κ1) is 11.9. The zero-order valence-electron chi connectivity index (χ0n) is 9.64. The van der Waals surface area contributed by atoms with E-state index in [0.717, 1.165) is 0 Å². The minimum Gasteiger partial charge on any atom is -0.353 e. The van der Waals surface area contributed by atoms with Crippen LogP contribution < -0.4 is 10.6 Å². The summed E-state index contributed by atoms with van der Waals surface area (Å²) in [5, 5.41) is 14.1. The van der Waals surface area contributed by atoms with Gasteiger partial charge in [0, 0.05) is 18.8 Å². The highest BCUT2D eigenvalue weighted by Crippen LogP contribution is 2.10. The van der Waals surface area contributed by atoms with E-state index < -0.39 is 0 Å². The summed E-state index contributed by atoms with van der Waals surface area (Å²) < 4.78 is 0. The van der Waals surface area contributed by atoms with Gasteiger partial charge < -0.3 is 15.5 Å². The summed E-state index contributed by atoms with van der Waals surface area (Å²) in [5.74, 6) is -0.165. The maximum Gasteiger partial charge on any atom is 0.322 e. The molecule has 18 heavy (non-hydrogen) atoms. The Morgan fingerprint density at radius 1 is 1.50 bits per heavy atom. The Kier molecular flexibility index (Phi) is 3.44. The average molecular weight is 244 g/mol.